The molecule has 1 amide bonds. The second kappa shape index (κ2) is 7.73. The van der Waals surface area contributed by atoms with Crippen LogP contribution in [0.4, 0.5) is 5.69 Å². The van der Waals surface area contributed by atoms with Gasteiger partial charge >= 0.3 is 0 Å². The summed E-state index contributed by atoms with van der Waals surface area (Å²) in [6.45, 7) is 0.788. The number of halogens is 1. The number of anilines is 1. The smallest absolute Gasteiger partial charge is 0.275 e. The largest absolute Gasteiger partial charge is 0.398 e. The standard InChI is InChI=1S/C21H19ClN6O3S/c22-13-2-4-16-19(10-13)26-21(25-16)32(30,31)27-17-6-8-28(20(17)29)11-12-1-3-14-15(23)5-7-24-18(14)9-12/h1-5,7,9-10,17,27H,6,8,11H2,(H2,23,24)(H,25,26)/t17-/m1/s1. The summed E-state index contributed by atoms with van der Waals surface area (Å²) in [6.07, 6.45) is 2.00. The van der Waals surface area contributed by atoms with Gasteiger partial charge in [-0.15, -0.1) is 0 Å². The zero-order chi connectivity index (χ0) is 22.5. The predicted molar refractivity (Wildman–Crippen MR) is 121 cm³/mol. The molecule has 0 unspecified atom stereocenters. The third-order valence-corrected chi connectivity index (χ3v) is 7.02. The molecule has 1 atom stereocenters. The quantitative estimate of drug-likeness (QED) is 0.410. The highest BCUT2D eigenvalue weighted by Crippen LogP contribution is 2.23. The number of sulfonamides is 1. The van der Waals surface area contributed by atoms with Crippen LogP contribution in [-0.4, -0.2) is 46.8 Å². The number of nitrogens with one attached hydrogen (secondary N) is 2. The van der Waals surface area contributed by atoms with E-state index < -0.39 is 16.1 Å². The number of H-pyrrole nitrogens is 1. The fourth-order valence-corrected chi connectivity index (χ4v) is 5.21. The Morgan fingerprint density at radius 2 is 2.03 bits per heavy atom. The Balaban J connectivity index is 1.31. The molecular formula is C21H19ClN6O3S. The van der Waals surface area contributed by atoms with Crippen molar-refractivity contribution in [1.82, 2.24) is 24.6 Å². The topological polar surface area (TPSA) is 134 Å². The first kappa shape index (κ1) is 20.7. The van der Waals surface area contributed by atoms with E-state index in [1.807, 2.05) is 18.2 Å². The van der Waals surface area contributed by atoms with Gasteiger partial charge < -0.3 is 15.6 Å². The molecule has 3 heterocycles. The third kappa shape index (κ3) is 3.77. The number of nitrogens with two attached hydrogens (primary N) is 1. The van der Waals surface area contributed by atoms with Gasteiger partial charge in [0.25, 0.3) is 10.0 Å². The van der Waals surface area contributed by atoms with Crippen molar-refractivity contribution < 1.29 is 13.2 Å². The Labute approximate surface area is 188 Å². The molecule has 11 heteroatoms. The number of rotatable bonds is 5. The Bertz CT molecular complexity index is 1470. The maximum Gasteiger partial charge on any atom is 0.275 e. The molecule has 5 rings (SSSR count). The number of imidazole rings is 1. The lowest BCUT2D eigenvalue weighted by molar-refractivity contribution is -0.129. The molecule has 1 saturated heterocycles. The van der Waals surface area contributed by atoms with Crippen molar-refractivity contribution in [3.05, 3.63) is 59.2 Å². The number of nitrogen functional groups attached to an aromatic ring is 1. The van der Waals surface area contributed by atoms with Crippen LogP contribution in [0.3, 0.4) is 0 Å². The van der Waals surface area contributed by atoms with E-state index in [1.165, 1.54) is 0 Å². The predicted octanol–water partition coefficient (Wildman–Crippen LogP) is 2.43. The number of carbonyl (C=O) groups excluding carboxylic acids is 1. The first-order valence-electron chi connectivity index (χ1n) is 9.90. The number of fused-ring (bicyclic) bond motifs is 2. The van der Waals surface area contributed by atoms with Gasteiger partial charge in [-0.1, -0.05) is 23.7 Å². The van der Waals surface area contributed by atoms with Crippen LogP contribution in [0.5, 0.6) is 0 Å². The van der Waals surface area contributed by atoms with Crippen molar-refractivity contribution in [2.45, 2.75) is 24.2 Å². The van der Waals surface area contributed by atoms with Gasteiger partial charge in [-0.05, 0) is 42.3 Å². The zero-order valence-electron chi connectivity index (χ0n) is 16.7. The lowest BCUT2D eigenvalue weighted by Gasteiger charge is -2.17. The molecule has 164 valence electrons. The van der Waals surface area contributed by atoms with Crippen molar-refractivity contribution in [2.24, 2.45) is 0 Å². The molecule has 0 radical (unpaired) electrons. The molecule has 0 spiro atoms. The number of likely N-dealkylation sites (tertiary alicyclic amines) is 1. The second-order valence-corrected chi connectivity index (χ2v) is 9.74. The molecule has 2 aromatic carbocycles. The summed E-state index contributed by atoms with van der Waals surface area (Å²) in [7, 11) is -4.01. The first-order valence-corrected chi connectivity index (χ1v) is 11.8. The van der Waals surface area contributed by atoms with Crippen molar-refractivity contribution in [3.8, 4) is 0 Å². The Morgan fingerprint density at radius 3 is 2.88 bits per heavy atom. The van der Waals surface area contributed by atoms with Gasteiger partial charge in [0, 0.05) is 35.4 Å². The van der Waals surface area contributed by atoms with E-state index in [1.54, 1.807) is 35.4 Å². The van der Waals surface area contributed by atoms with Crippen LogP contribution in [0, 0.1) is 0 Å². The van der Waals surface area contributed by atoms with Gasteiger partial charge in [0.05, 0.1) is 16.6 Å². The minimum Gasteiger partial charge on any atom is -0.398 e. The number of carbonyl (C=O) groups is 1. The number of nitrogens with zero attached hydrogens (tertiary/aromatic N) is 3. The van der Waals surface area contributed by atoms with Gasteiger partial charge in [0.2, 0.25) is 11.1 Å². The molecular weight excluding hydrogens is 452 g/mol. The minimum atomic E-state index is -4.01. The summed E-state index contributed by atoms with van der Waals surface area (Å²) in [4.78, 5) is 25.7. The highest BCUT2D eigenvalue weighted by molar-refractivity contribution is 7.89. The van der Waals surface area contributed by atoms with Gasteiger partial charge in [-0.25, -0.2) is 13.4 Å². The van der Waals surface area contributed by atoms with Crippen LogP contribution >= 0.6 is 11.6 Å². The Morgan fingerprint density at radius 1 is 1.19 bits per heavy atom. The number of hydrogen-bond donors (Lipinski definition) is 3. The molecule has 9 nitrogen and oxygen atoms in total. The van der Waals surface area contributed by atoms with Crippen LogP contribution in [0.2, 0.25) is 5.02 Å². The summed E-state index contributed by atoms with van der Waals surface area (Å²) in [5.74, 6) is -0.284. The monoisotopic (exact) mass is 470 g/mol. The fourth-order valence-electron chi connectivity index (χ4n) is 3.87. The van der Waals surface area contributed by atoms with E-state index in [4.69, 9.17) is 17.3 Å². The molecule has 32 heavy (non-hydrogen) atoms. The second-order valence-electron chi connectivity index (χ2n) is 7.68. The summed E-state index contributed by atoms with van der Waals surface area (Å²) >= 11 is 5.95. The molecule has 1 aliphatic heterocycles. The van der Waals surface area contributed by atoms with Crippen LogP contribution in [-0.2, 0) is 21.4 Å². The van der Waals surface area contributed by atoms with E-state index in [0.717, 1.165) is 16.5 Å². The normalized spacial score (nSPS) is 17.0. The molecule has 0 bridgehead atoms. The minimum absolute atomic E-state index is 0.251. The molecule has 2 aromatic heterocycles. The highest BCUT2D eigenvalue weighted by Gasteiger charge is 2.35. The van der Waals surface area contributed by atoms with Crippen molar-refractivity contribution in [2.75, 3.05) is 12.3 Å². The Kier molecular flexibility index (Phi) is 5.00. The maximum absolute atomic E-state index is 12.9. The van der Waals surface area contributed by atoms with E-state index in [2.05, 4.69) is 19.7 Å². The SMILES string of the molecule is Nc1ccnc2cc(CN3CC[C@@H](NS(=O)(=O)c4nc5ccc(Cl)cc5[nH]4)C3=O)ccc12. The van der Waals surface area contributed by atoms with Gasteiger partial charge in [-0.2, -0.15) is 4.72 Å². The summed E-state index contributed by atoms with van der Waals surface area (Å²) < 4.78 is 28.1. The lowest BCUT2D eigenvalue weighted by Crippen LogP contribution is -2.41. The zero-order valence-corrected chi connectivity index (χ0v) is 18.3. The number of pyridine rings is 1. The highest BCUT2D eigenvalue weighted by atomic mass is 35.5. The number of aromatic nitrogens is 3. The lowest BCUT2D eigenvalue weighted by atomic mass is 10.1. The molecule has 4 N–H and O–H groups in total. The fraction of sp³-hybridized carbons (Fsp3) is 0.190. The maximum atomic E-state index is 12.9. The molecule has 4 aromatic rings. The van der Waals surface area contributed by atoms with Gasteiger partial charge in [0.15, 0.2) is 0 Å². The first-order chi connectivity index (χ1) is 15.3. The summed E-state index contributed by atoms with van der Waals surface area (Å²) in [6, 6.07) is 11.4. The molecule has 0 saturated carbocycles. The van der Waals surface area contributed by atoms with Crippen molar-refractivity contribution >= 4 is 55.2 Å². The third-order valence-electron chi connectivity index (χ3n) is 5.49. The van der Waals surface area contributed by atoms with Crippen molar-refractivity contribution in [1.29, 1.82) is 0 Å². The molecule has 1 fully saturated rings. The summed E-state index contributed by atoms with van der Waals surface area (Å²) in [5.41, 5.74) is 9.22. The van der Waals surface area contributed by atoms with Gasteiger partial charge in [0.1, 0.15) is 6.04 Å². The van der Waals surface area contributed by atoms with Gasteiger partial charge in [-0.3, -0.25) is 9.78 Å². The van der Waals surface area contributed by atoms with E-state index in [-0.39, 0.29) is 11.1 Å². The number of hydrogen-bond acceptors (Lipinski definition) is 6. The van der Waals surface area contributed by atoms with E-state index in [9.17, 15) is 13.2 Å². The Hall–Kier alpha value is -3.21. The number of aromatic amines is 1. The van der Waals surface area contributed by atoms with Crippen molar-refractivity contribution in [3.63, 3.8) is 0 Å². The summed E-state index contributed by atoms with van der Waals surface area (Å²) in [5, 5.41) is 1.06. The van der Waals surface area contributed by atoms with E-state index in [0.29, 0.717) is 41.3 Å². The van der Waals surface area contributed by atoms with Crippen LogP contribution in [0.25, 0.3) is 21.9 Å². The van der Waals surface area contributed by atoms with E-state index >= 15 is 0 Å². The van der Waals surface area contributed by atoms with Crippen LogP contribution in [0.1, 0.15) is 12.0 Å². The van der Waals surface area contributed by atoms with Crippen LogP contribution < -0.4 is 10.5 Å². The number of amides is 1. The molecule has 1 aliphatic rings. The average Bonchev–Trinajstić information content (AvgIpc) is 3.33. The van der Waals surface area contributed by atoms with Crippen LogP contribution in [0.15, 0.2) is 53.8 Å². The average molecular weight is 471 g/mol. The molecule has 0 aliphatic carbocycles. The number of benzene rings is 2.